The van der Waals surface area contributed by atoms with Gasteiger partial charge in [0.15, 0.2) is 6.61 Å². The molecule has 0 bridgehead atoms. The summed E-state index contributed by atoms with van der Waals surface area (Å²) in [4.78, 5) is 23.1. The number of nitrogens with zero attached hydrogens (tertiary/aromatic N) is 1. The average Bonchev–Trinajstić information content (AvgIpc) is 2.60. The molecule has 2 rings (SSSR count). The lowest BCUT2D eigenvalue weighted by Crippen LogP contribution is -2.46. The number of hydrogen-bond donors (Lipinski definition) is 2. The van der Waals surface area contributed by atoms with Crippen LogP contribution in [0.25, 0.3) is 0 Å². The molecule has 25 heavy (non-hydrogen) atoms. The van der Waals surface area contributed by atoms with Crippen LogP contribution in [0.1, 0.15) is 30.1 Å². The van der Waals surface area contributed by atoms with Crippen molar-refractivity contribution in [3.63, 3.8) is 0 Å². The number of sulfonamides is 1. The first-order valence-corrected chi connectivity index (χ1v) is 9.72. The molecular formula is C16H23N3O5S. The lowest BCUT2D eigenvalue weighted by molar-refractivity contribution is -0.119. The number of carbonyl (C=O) groups excluding carboxylic acids is 2. The highest BCUT2D eigenvalue weighted by Crippen LogP contribution is 2.17. The van der Waals surface area contributed by atoms with Gasteiger partial charge < -0.3 is 15.8 Å². The van der Waals surface area contributed by atoms with Gasteiger partial charge in [-0.3, -0.25) is 9.59 Å². The van der Waals surface area contributed by atoms with Crippen molar-refractivity contribution in [2.45, 2.75) is 25.8 Å². The van der Waals surface area contributed by atoms with Crippen LogP contribution in [-0.2, 0) is 14.8 Å². The molecule has 1 aliphatic rings. The van der Waals surface area contributed by atoms with Gasteiger partial charge in [-0.15, -0.1) is 0 Å². The van der Waals surface area contributed by atoms with Crippen LogP contribution in [0.5, 0.6) is 5.75 Å². The fraction of sp³-hybridized carbons (Fsp3) is 0.500. The maximum Gasteiger partial charge on any atom is 0.255 e. The van der Waals surface area contributed by atoms with Gasteiger partial charge in [0.2, 0.25) is 10.0 Å². The highest BCUT2D eigenvalue weighted by molar-refractivity contribution is 7.89. The summed E-state index contributed by atoms with van der Waals surface area (Å²) in [7, 11) is -3.18. The lowest BCUT2D eigenvalue weighted by atomic mass is 10.1. The van der Waals surface area contributed by atoms with Crippen molar-refractivity contribution < 1.29 is 22.7 Å². The number of rotatable bonds is 7. The summed E-state index contributed by atoms with van der Waals surface area (Å²) < 4.78 is 30.3. The summed E-state index contributed by atoms with van der Waals surface area (Å²) in [6.07, 6.45) is 1.14. The Morgan fingerprint density at radius 2 is 2.00 bits per heavy atom. The molecule has 0 aromatic heterocycles. The average molecular weight is 369 g/mol. The van der Waals surface area contributed by atoms with E-state index in [4.69, 9.17) is 10.5 Å². The van der Waals surface area contributed by atoms with Gasteiger partial charge in [-0.1, -0.05) is 6.07 Å². The second-order valence-corrected chi connectivity index (χ2v) is 8.09. The third kappa shape index (κ3) is 5.43. The molecule has 1 fully saturated rings. The fourth-order valence-electron chi connectivity index (χ4n) is 2.61. The van der Waals surface area contributed by atoms with E-state index >= 15 is 0 Å². The second-order valence-electron chi connectivity index (χ2n) is 5.83. The van der Waals surface area contributed by atoms with E-state index in [-0.39, 0.29) is 24.3 Å². The van der Waals surface area contributed by atoms with E-state index in [1.165, 1.54) is 10.4 Å². The Bertz CT molecular complexity index is 727. The van der Waals surface area contributed by atoms with Crippen molar-refractivity contribution in [2.24, 2.45) is 5.73 Å². The van der Waals surface area contributed by atoms with E-state index in [0.717, 1.165) is 0 Å². The van der Waals surface area contributed by atoms with Gasteiger partial charge in [0.1, 0.15) is 5.75 Å². The minimum atomic E-state index is -3.18. The van der Waals surface area contributed by atoms with Gasteiger partial charge in [0.25, 0.3) is 11.8 Å². The van der Waals surface area contributed by atoms with Gasteiger partial charge in [-0.05, 0) is 38.0 Å². The van der Waals surface area contributed by atoms with Gasteiger partial charge in [0, 0.05) is 24.7 Å². The van der Waals surface area contributed by atoms with Crippen molar-refractivity contribution in [3.8, 4) is 5.75 Å². The van der Waals surface area contributed by atoms with Crippen LogP contribution >= 0.6 is 0 Å². The molecule has 1 aliphatic heterocycles. The quantitative estimate of drug-likeness (QED) is 0.706. The van der Waals surface area contributed by atoms with Gasteiger partial charge in [-0.25, -0.2) is 12.7 Å². The van der Waals surface area contributed by atoms with Crippen molar-refractivity contribution >= 4 is 21.8 Å². The fourth-order valence-corrected chi connectivity index (χ4v) is 3.74. The van der Waals surface area contributed by atoms with Gasteiger partial charge >= 0.3 is 0 Å². The molecule has 9 heteroatoms. The van der Waals surface area contributed by atoms with Crippen molar-refractivity contribution in [2.75, 3.05) is 25.4 Å². The zero-order chi connectivity index (χ0) is 18.4. The third-order valence-corrected chi connectivity index (χ3v) is 5.91. The monoisotopic (exact) mass is 369 g/mol. The number of nitrogens with one attached hydrogen (secondary N) is 1. The minimum absolute atomic E-state index is 0.0778. The summed E-state index contributed by atoms with van der Waals surface area (Å²) in [5.74, 6) is -0.387. The Hall–Kier alpha value is -2.13. The smallest absolute Gasteiger partial charge is 0.255 e. The summed E-state index contributed by atoms with van der Waals surface area (Å²) in [6.45, 7) is 2.18. The molecule has 1 aromatic rings. The molecule has 0 saturated carbocycles. The molecule has 2 amide bonds. The number of benzene rings is 1. The maximum absolute atomic E-state index is 12.3. The molecule has 3 N–H and O–H groups in total. The molecule has 0 radical (unpaired) electrons. The topological polar surface area (TPSA) is 119 Å². The molecule has 0 aliphatic carbocycles. The molecule has 1 aromatic carbocycles. The minimum Gasteiger partial charge on any atom is -0.484 e. The Morgan fingerprint density at radius 3 is 2.60 bits per heavy atom. The predicted octanol–water partition coefficient (Wildman–Crippen LogP) is 0.0946. The SMILES string of the molecule is CCS(=O)(=O)N1CCC(NC(=O)c2cccc(OCC(N)=O)c2)CC1. The first kappa shape index (κ1) is 19.2. The first-order chi connectivity index (χ1) is 11.8. The van der Waals surface area contributed by atoms with Crippen LogP contribution in [-0.4, -0.2) is 56.0 Å². The normalized spacial score (nSPS) is 16.4. The van der Waals surface area contributed by atoms with Crippen LogP contribution in [0.4, 0.5) is 0 Å². The number of primary amides is 1. The summed E-state index contributed by atoms with van der Waals surface area (Å²) in [5.41, 5.74) is 5.43. The molecule has 1 heterocycles. The number of piperidine rings is 1. The van der Waals surface area contributed by atoms with E-state index < -0.39 is 15.9 Å². The van der Waals surface area contributed by atoms with Crippen LogP contribution in [0, 0.1) is 0 Å². The Kier molecular flexibility index (Phi) is 6.38. The number of amides is 2. The van der Waals surface area contributed by atoms with E-state index in [9.17, 15) is 18.0 Å². The van der Waals surface area contributed by atoms with E-state index in [1.54, 1.807) is 25.1 Å². The zero-order valence-electron chi connectivity index (χ0n) is 14.1. The highest BCUT2D eigenvalue weighted by atomic mass is 32.2. The Balaban J connectivity index is 1.90. The number of ether oxygens (including phenoxy) is 1. The van der Waals surface area contributed by atoms with Crippen LogP contribution in [0.2, 0.25) is 0 Å². The third-order valence-electron chi connectivity index (χ3n) is 4.02. The maximum atomic E-state index is 12.3. The number of nitrogens with two attached hydrogens (primary N) is 1. The molecule has 0 spiro atoms. The van der Waals surface area contributed by atoms with Crippen molar-refractivity contribution in [3.05, 3.63) is 29.8 Å². The Morgan fingerprint density at radius 1 is 1.32 bits per heavy atom. The zero-order valence-corrected chi connectivity index (χ0v) is 14.9. The van der Waals surface area contributed by atoms with Crippen molar-refractivity contribution in [1.29, 1.82) is 0 Å². The number of hydrogen-bond acceptors (Lipinski definition) is 5. The van der Waals surface area contributed by atoms with E-state index in [0.29, 0.717) is 37.2 Å². The molecule has 1 saturated heterocycles. The van der Waals surface area contributed by atoms with E-state index in [2.05, 4.69) is 5.32 Å². The summed E-state index contributed by atoms with van der Waals surface area (Å²) in [6, 6.07) is 6.39. The lowest BCUT2D eigenvalue weighted by Gasteiger charge is -2.31. The standard InChI is InChI=1S/C16H23N3O5S/c1-2-25(22,23)19-8-6-13(7-9-19)18-16(21)12-4-3-5-14(10-12)24-11-15(17)20/h3-5,10,13H,2,6-9,11H2,1H3,(H2,17,20)(H,18,21). The molecule has 138 valence electrons. The van der Waals surface area contributed by atoms with Crippen LogP contribution in [0.15, 0.2) is 24.3 Å². The van der Waals surface area contributed by atoms with E-state index in [1.807, 2.05) is 0 Å². The first-order valence-electron chi connectivity index (χ1n) is 8.11. The van der Waals surface area contributed by atoms with Crippen LogP contribution < -0.4 is 15.8 Å². The summed E-state index contributed by atoms with van der Waals surface area (Å²) >= 11 is 0. The molecule has 8 nitrogen and oxygen atoms in total. The van der Waals surface area contributed by atoms with Gasteiger partial charge in [0.05, 0.1) is 5.75 Å². The largest absolute Gasteiger partial charge is 0.484 e. The second kappa shape index (κ2) is 8.30. The molecule has 0 atom stereocenters. The van der Waals surface area contributed by atoms with Crippen LogP contribution in [0.3, 0.4) is 0 Å². The highest BCUT2D eigenvalue weighted by Gasteiger charge is 2.27. The predicted molar refractivity (Wildman–Crippen MR) is 92.7 cm³/mol. The molecular weight excluding hydrogens is 346 g/mol. The van der Waals surface area contributed by atoms with Gasteiger partial charge in [-0.2, -0.15) is 0 Å². The van der Waals surface area contributed by atoms with Crippen molar-refractivity contribution in [1.82, 2.24) is 9.62 Å². The Labute approximate surface area is 147 Å². The molecule has 0 unspecified atom stereocenters. The number of carbonyl (C=O) groups is 2. The summed E-state index contributed by atoms with van der Waals surface area (Å²) in [5, 5.41) is 2.91.